The zero-order valence-corrected chi connectivity index (χ0v) is 18.0. The third-order valence-corrected chi connectivity index (χ3v) is 7.42. The number of benzene rings is 2. The molecule has 0 radical (unpaired) electrons. The van der Waals surface area contributed by atoms with Crippen LogP contribution < -0.4 is 20.7 Å². The molecule has 4 atom stereocenters. The number of carbonyl (C=O) groups is 2. The molecule has 1 heterocycles. The number of para-hydroxylation sites is 1. The Kier molecular flexibility index (Phi) is 4.68. The summed E-state index contributed by atoms with van der Waals surface area (Å²) in [5.74, 6) is 0.960. The Morgan fingerprint density at radius 1 is 1.16 bits per heavy atom. The van der Waals surface area contributed by atoms with Crippen molar-refractivity contribution in [3.63, 3.8) is 0 Å². The van der Waals surface area contributed by atoms with E-state index in [4.69, 9.17) is 4.74 Å². The molecule has 6 heteroatoms. The molecule has 3 aliphatic carbocycles. The van der Waals surface area contributed by atoms with Crippen LogP contribution in [0.5, 0.6) is 5.75 Å². The maximum atomic E-state index is 13.3. The van der Waals surface area contributed by atoms with Crippen molar-refractivity contribution in [2.75, 3.05) is 17.2 Å². The minimum absolute atomic E-state index is 0.0270. The maximum Gasteiger partial charge on any atom is 0.255 e. The first-order valence-electron chi connectivity index (χ1n) is 11.2. The van der Waals surface area contributed by atoms with Crippen LogP contribution in [-0.4, -0.2) is 24.1 Å². The lowest BCUT2D eigenvalue weighted by atomic mass is 9.51. The van der Waals surface area contributed by atoms with Crippen LogP contribution in [0.2, 0.25) is 0 Å². The van der Waals surface area contributed by atoms with Gasteiger partial charge in [0.15, 0.2) is 0 Å². The van der Waals surface area contributed by atoms with Crippen LogP contribution in [0, 0.1) is 17.3 Å². The topological polar surface area (TPSA) is 79.5 Å². The first kappa shape index (κ1) is 19.9. The van der Waals surface area contributed by atoms with Crippen molar-refractivity contribution in [1.29, 1.82) is 0 Å². The monoisotopic (exact) mass is 419 g/mol. The van der Waals surface area contributed by atoms with Gasteiger partial charge in [0.05, 0.1) is 12.2 Å². The van der Waals surface area contributed by atoms with E-state index in [9.17, 15) is 9.59 Å². The summed E-state index contributed by atoms with van der Waals surface area (Å²) in [5, 5.41) is 10.0. The van der Waals surface area contributed by atoms with Gasteiger partial charge in [0.2, 0.25) is 5.91 Å². The molecule has 3 saturated carbocycles. The predicted octanol–water partition coefficient (Wildman–Crippen LogP) is 4.40. The highest BCUT2D eigenvalue weighted by atomic mass is 16.5. The minimum atomic E-state index is -0.478. The molecule has 3 unspecified atom stereocenters. The third-order valence-electron chi connectivity index (χ3n) is 7.42. The summed E-state index contributed by atoms with van der Waals surface area (Å²) >= 11 is 0. The van der Waals surface area contributed by atoms with E-state index in [1.165, 1.54) is 0 Å². The molecule has 6 rings (SSSR count). The van der Waals surface area contributed by atoms with E-state index in [2.05, 4.69) is 22.9 Å². The van der Waals surface area contributed by atoms with Crippen LogP contribution in [0.4, 0.5) is 11.4 Å². The van der Waals surface area contributed by atoms with E-state index in [0.717, 1.165) is 42.8 Å². The molecule has 31 heavy (non-hydrogen) atoms. The molecule has 0 aromatic heterocycles. The molecular formula is C25H29N3O3. The number of carbonyl (C=O) groups excluding carboxylic acids is 2. The van der Waals surface area contributed by atoms with Gasteiger partial charge in [-0.25, -0.2) is 0 Å². The first-order chi connectivity index (χ1) is 14.9. The fourth-order valence-corrected chi connectivity index (χ4v) is 5.88. The van der Waals surface area contributed by atoms with Crippen molar-refractivity contribution >= 4 is 23.2 Å². The number of ether oxygens (including phenoxy) is 1. The van der Waals surface area contributed by atoms with Crippen molar-refractivity contribution in [3.05, 3.63) is 54.1 Å². The predicted molar refractivity (Wildman–Crippen MR) is 120 cm³/mol. The number of rotatable bonds is 4. The molecule has 2 aromatic carbocycles. The molecule has 3 N–H and O–H groups in total. The summed E-state index contributed by atoms with van der Waals surface area (Å²) in [7, 11) is 0. The molecule has 2 amide bonds. The Labute approximate surface area is 182 Å². The SMILES string of the molecule is CCOc1ccc(NC(=O)C2CC3CCC2(C)C[C@]32NC(=O)c3ccccc3N2)cc1. The summed E-state index contributed by atoms with van der Waals surface area (Å²) in [5.41, 5.74) is 1.69. The average Bonchev–Trinajstić information content (AvgIpc) is 2.75. The lowest BCUT2D eigenvalue weighted by Gasteiger charge is -2.60. The third kappa shape index (κ3) is 3.34. The lowest BCUT2D eigenvalue weighted by Crippen LogP contribution is -2.70. The normalized spacial score (nSPS) is 30.8. The van der Waals surface area contributed by atoms with E-state index in [0.29, 0.717) is 12.2 Å². The summed E-state index contributed by atoms with van der Waals surface area (Å²) in [4.78, 5) is 26.1. The number of hydrogen-bond donors (Lipinski definition) is 3. The summed E-state index contributed by atoms with van der Waals surface area (Å²) in [6.45, 7) is 4.76. The number of nitrogens with one attached hydrogen (secondary N) is 3. The van der Waals surface area contributed by atoms with E-state index in [-0.39, 0.29) is 29.1 Å². The number of fused-ring (bicyclic) bond motifs is 3. The Morgan fingerprint density at radius 3 is 2.68 bits per heavy atom. The largest absolute Gasteiger partial charge is 0.494 e. The quantitative estimate of drug-likeness (QED) is 0.686. The highest BCUT2D eigenvalue weighted by molar-refractivity contribution is 6.02. The van der Waals surface area contributed by atoms with Gasteiger partial charge in [-0.3, -0.25) is 9.59 Å². The van der Waals surface area contributed by atoms with E-state index >= 15 is 0 Å². The van der Waals surface area contributed by atoms with Gasteiger partial charge < -0.3 is 20.7 Å². The van der Waals surface area contributed by atoms with Gasteiger partial charge in [0, 0.05) is 23.2 Å². The second-order valence-electron chi connectivity index (χ2n) is 9.40. The molecule has 0 saturated heterocycles. The van der Waals surface area contributed by atoms with Crippen molar-refractivity contribution < 1.29 is 14.3 Å². The van der Waals surface area contributed by atoms with Crippen LogP contribution in [0.25, 0.3) is 0 Å². The van der Waals surface area contributed by atoms with Crippen molar-refractivity contribution in [2.24, 2.45) is 17.3 Å². The van der Waals surface area contributed by atoms with Gasteiger partial charge in [-0.2, -0.15) is 0 Å². The Morgan fingerprint density at radius 2 is 1.94 bits per heavy atom. The molecule has 162 valence electrons. The number of amides is 2. The Hall–Kier alpha value is -3.02. The fraction of sp³-hybridized carbons (Fsp3) is 0.440. The average molecular weight is 420 g/mol. The van der Waals surface area contributed by atoms with Gasteiger partial charge in [0.1, 0.15) is 11.4 Å². The molecule has 3 fully saturated rings. The van der Waals surface area contributed by atoms with Crippen LogP contribution in [-0.2, 0) is 4.79 Å². The highest BCUT2D eigenvalue weighted by Crippen LogP contribution is 2.58. The molecule has 4 aliphatic rings. The second-order valence-corrected chi connectivity index (χ2v) is 9.40. The first-order valence-corrected chi connectivity index (χ1v) is 11.2. The Bertz CT molecular complexity index is 1020. The molecule has 2 bridgehead atoms. The van der Waals surface area contributed by atoms with Crippen LogP contribution >= 0.6 is 0 Å². The van der Waals surface area contributed by atoms with Crippen molar-refractivity contribution in [1.82, 2.24) is 5.32 Å². The minimum Gasteiger partial charge on any atom is -0.494 e. The lowest BCUT2D eigenvalue weighted by molar-refractivity contribution is -0.134. The zero-order valence-electron chi connectivity index (χ0n) is 18.0. The summed E-state index contributed by atoms with van der Waals surface area (Å²) in [6.07, 6.45) is 3.49. The molecular weight excluding hydrogens is 390 g/mol. The standard InChI is InChI=1S/C25H29N3O3/c1-3-31-18-10-8-17(9-11-18)26-23(30)20-14-16-12-13-24(20,2)15-25(16)27-21-7-5-4-6-19(21)22(29)28-25/h4-11,16,20,27H,3,12-15H2,1-2H3,(H,26,30)(H,28,29)/t16?,20?,24?,25-/m0/s1. The van der Waals surface area contributed by atoms with Crippen LogP contribution in [0.3, 0.4) is 0 Å². The van der Waals surface area contributed by atoms with Crippen LogP contribution in [0.15, 0.2) is 48.5 Å². The molecule has 1 aliphatic heterocycles. The van der Waals surface area contributed by atoms with Gasteiger partial charge in [-0.15, -0.1) is 0 Å². The summed E-state index contributed by atoms with van der Waals surface area (Å²) in [6, 6.07) is 15.2. The summed E-state index contributed by atoms with van der Waals surface area (Å²) < 4.78 is 5.48. The maximum absolute atomic E-state index is 13.3. The van der Waals surface area contributed by atoms with Gasteiger partial charge in [0.25, 0.3) is 5.91 Å². The number of hydrogen-bond acceptors (Lipinski definition) is 4. The van der Waals surface area contributed by atoms with Gasteiger partial charge in [-0.1, -0.05) is 19.1 Å². The fourth-order valence-electron chi connectivity index (χ4n) is 5.88. The molecule has 2 aromatic rings. The molecule has 1 spiro atoms. The smallest absolute Gasteiger partial charge is 0.255 e. The van der Waals surface area contributed by atoms with Gasteiger partial charge in [-0.05, 0) is 74.4 Å². The highest BCUT2D eigenvalue weighted by Gasteiger charge is 2.60. The van der Waals surface area contributed by atoms with E-state index in [1.54, 1.807) is 0 Å². The van der Waals surface area contributed by atoms with E-state index < -0.39 is 5.66 Å². The van der Waals surface area contributed by atoms with Gasteiger partial charge >= 0.3 is 0 Å². The van der Waals surface area contributed by atoms with Crippen molar-refractivity contribution in [3.8, 4) is 5.75 Å². The zero-order chi connectivity index (χ0) is 21.6. The Balaban J connectivity index is 1.34. The van der Waals surface area contributed by atoms with Crippen LogP contribution in [0.1, 0.15) is 49.9 Å². The molecule has 6 nitrogen and oxygen atoms in total. The van der Waals surface area contributed by atoms with E-state index in [1.807, 2.05) is 55.5 Å². The second kappa shape index (κ2) is 7.29. The number of anilines is 2. The van der Waals surface area contributed by atoms with Crippen molar-refractivity contribution in [2.45, 2.75) is 45.2 Å².